The van der Waals surface area contributed by atoms with E-state index in [0.717, 1.165) is 5.69 Å². The third kappa shape index (κ3) is 3.10. The molecule has 0 bridgehead atoms. The maximum absolute atomic E-state index is 12.3. The summed E-state index contributed by atoms with van der Waals surface area (Å²) in [6.45, 7) is 0. The zero-order chi connectivity index (χ0) is 17.4. The maximum atomic E-state index is 12.3. The van der Waals surface area contributed by atoms with Crippen molar-refractivity contribution >= 4 is 26.9 Å². The van der Waals surface area contributed by atoms with E-state index in [1.807, 2.05) is 6.07 Å². The summed E-state index contributed by atoms with van der Waals surface area (Å²) >= 11 is 0. The van der Waals surface area contributed by atoms with Crippen molar-refractivity contribution in [3.63, 3.8) is 0 Å². The number of benzene rings is 1. The lowest BCUT2D eigenvalue weighted by Gasteiger charge is -2.11. The van der Waals surface area contributed by atoms with Crippen LogP contribution in [0, 0.1) is 0 Å². The number of carbonyl (C=O) groups excluding carboxylic acids is 1. The molecular weight excluding hydrogens is 342 g/mol. The Morgan fingerprint density at radius 1 is 1.20 bits per heavy atom. The van der Waals surface area contributed by atoms with Gasteiger partial charge in [0.1, 0.15) is 5.52 Å². The molecule has 1 aliphatic rings. The average molecular weight is 357 g/mol. The summed E-state index contributed by atoms with van der Waals surface area (Å²) in [5.74, 6) is -0.147. The standard InChI is InChI=1S/C16H15N5O3S/c22-16(18-12-7-9-25(23,24)10-12)11-3-5-13(6-4-11)21-15-14(19-20-21)2-1-8-17-15/h1-6,8,12H,7,9-10H2,(H,18,22). The van der Waals surface area contributed by atoms with E-state index >= 15 is 0 Å². The van der Waals surface area contributed by atoms with Gasteiger partial charge in [-0.25, -0.2) is 13.4 Å². The second-order valence-electron chi connectivity index (χ2n) is 5.97. The Morgan fingerprint density at radius 3 is 2.72 bits per heavy atom. The van der Waals surface area contributed by atoms with Gasteiger partial charge in [0.05, 0.1) is 17.2 Å². The van der Waals surface area contributed by atoms with E-state index in [1.54, 1.807) is 41.2 Å². The van der Waals surface area contributed by atoms with Gasteiger partial charge in [0.15, 0.2) is 15.5 Å². The zero-order valence-corrected chi connectivity index (χ0v) is 14.0. The van der Waals surface area contributed by atoms with Crippen molar-refractivity contribution in [2.24, 2.45) is 0 Å². The van der Waals surface area contributed by atoms with Gasteiger partial charge in [-0.05, 0) is 42.8 Å². The van der Waals surface area contributed by atoms with E-state index in [2.05, 4.69) is 20.6 Å². The van der Waals surface area contributed by atoms with Gasteiger partial charge in [0.2, 0.25) is 0 Å². The number of pyridine rings is 1. The number of rotatable bonds is 3. The summed E-state index contributed by atoms with van der Waals surface area (Å²) in [4.78, 5) is 16.5. The third-order valence-corrected chi connectivity index (χ3v) is 5.92. The van der Waals surface area contributed by atoms with Gasteiger partial charge in [-0.2, -0.15) is 4.68 Å². The highest BCUT2D eigenvalue weighted by Crippen LogP contribution is 2.16. The van der Waals surface area contributed by atoms with Crippen LogP contribution in [0.5, 0.6) is 0 Å². The van der Waals surface area contributed by atoms with Crippen molar-refractivity contribution in [2.45, 2.75) is 12.5 Å². The van der Waals surface area contributed by atoms with Gasteiger partial charge in [-0.15, -0.1) is 5.10 Å². The van der Waals surface area contributed by atoms with Gasteiger partial charge in [-0.3, -0.25) is 4.79 Å². The highest BCUT2D eigenvalue weighted by Gasteiger charge is 2.29. The Kier molecular flexibility index (Phi) is 3.72. The number of hydrogen-bond acceptors (Lipinski definition) is 6. The number of hydrogen-bond donors (Lipinski definition) is 1. The van der Waals surface area contributed by atoms with Crippen LogP contribution >= 0.6 is 0 Å². The van der Waals surface area contributed by atoms with Crippen LogP contribution in [0.25, 0.3) is 16.9 Å². The highest BCUT2D eigenvalue weighted by atomic mass is 32.2. The fourth-order valence-corrected chi connectivity index (χ4v) is 4.54. The summed E-state index contributed by atoms with van der Waals surface area (Å²) in [7, 11) is -3.02. The molecule has 0 saturated carbocycles. The van der Waals surface area contributed by atoms with Crippen molar-refractivity contribution in [1.29, 1.82) is 0 Å². The van der Waals surface area contributed by atoms with Crippen LogP contribution in [0.3, 0.4) is 0 Å². The molecule has 2 aromatic heterocycles. The molecule has 0 spiro atoms. The van der Waals surface area contributed by atoms with Crippen LogP contribution in [-0.2, 0) is 9.84 Å². The molecule has 1 amide bonds. The molecule has 0 radical (unpaired) electrons. The molecule has 4 rings (SSSR count). The first-order chi connectivity index (χ1) is 12.0. The van der Waals surface area contributed by atoms with Gasteiger partial charge in [0.25, 0.3) is 5.91 Å². The van der Waals surface area contributed by atoms with Gasteiger partial charge in [0, 0.05) is 17.8 Å². The summed E-state index contributed by atoms with van der Waals surface area (Å²) < 4.78 is 24.5. The number of aromatic nitrogens is 4. The van der Waals surface area contributed by atoms with Crippen LogP contribution in [0.15, 0.2) is 42.6 Å². The van der Waals surface area contributed by atoms with Crippen molar-refractivity contribution < 1.29 is 13.2 Å². The number of sulfone groups is 1. The molecule has 0 aliphatic carbocycles. The fraction of sp³-hybridized carbons (Fsp3) is 0.250. The monoisotopic (exact) mass is 357 g/mol. The topological polar surface area (TPSA) is 107 Å². The second kappa shape index (κ2) is 5.92. The average Bonchev–Trinajstić information content (AvgIpc) is 3.18. The summed E-state index contributed by atoms with van der Waals surface area (Å²) in [5, 5.41) is 10.9. The van der Waals surface area contributed by atoms with E-state index in [4.69, 9.17) is 0 Å². The first-order valence-corrected chi connectivity index (χ1v) is 9.62. The van der Waals surface area contributed by atoms with Crippen LogP contribution in [0.4, 0.5) is 0 Å². The summed E-state index contributed by atoms with van der Waals surface area (Å²) in [5.41, 5.74) is 2.52. The van der Waals surface area contributed by atoms with E-state index in [1.165, 1.54) is 0 Å². The Morgan fingerprint density at radius 2 is 2.00 bits per heavy atom. The predicted molar refractivity (Wildman–Crippen MR) is 91.2 cm³/mol. The first-order valence-electron chi connectivity index (χ1n) is 7.80. The van der Waals surface area contributed by atoms with E-state index in [-0.39, 0.29) is 23.5 Å². The quantitative estimate of drug-likeness (QED) is 0.741. The number of fused-ring (bicyclic) bond motifs is 1. The van der Waals surface area contributed by atoms with Crippen molar-refractivity contribution in [3.8, 4) is 5.69 Å². The van der Waals surface area contributed by atoms with Crippen molar-refractivity contribution in [2.75, 3.05) is 11.5 Å². The van der Waals surface area contributed by atoms with E-state index in [9.17, 15) is 13.2 Å². The van der Waals surface area contributed by atoms with Crippen LogP contribution in [-0.4, -0.2) is 51.9 Å². The van der Waals surface area contributed by atoms with Crippen LogP contribution in [0.1, 0.15) is 16.8 Å². The van der Waals surface area contributed by atoms with Crippen molar-refractivity contribution in [3.05, 3.63) is 48.2 Å². The molecular formula is C16H15N5O3S. The third-order valence-electron chi connectivity index (χ3n) is 4.15. The molecule has 1 aromatic carbocycles. The molecule has 1 unspecified atom stereocenters. The minimum Gasteiger partial charge on any atom is -0.348 e. The van der Waals surface area contributed by atoms with Crippen molar-refractivity contribution in [1.82, 2.24) is 25.3 Å². The molecule has 8 nitrogen and oxygen atoms in total. The molecule has 128 valence electrons. The summed E-state index contributed by atoms with van der Waals surface area (Å²) in [6.07, 6.45) is 2.13. The normalized spacial score (nSPS) is 19.1. The molecule has 9 heteroatoms. The maximum Gasteiger partial charge on any atom is 0.251 e. The smallest absolute Gasteiger partial charge is 0.251 e. The van der Waals surface area contributed by atoms with E-state index < -0.39 is 9.84 Å². The Balaban J connectivity index is 1.53. The molecule has 3 heterocycles. The highest BCUT2D eigenvalue weighted by molar-refractivity contribution is 7.91. The number of nitrogens with zero attached hydrogens (tertiary/aromatic N) is 4. The van der Waals surface area contributed by atoms with Crippen LogP contribution in [0.2, 0.25) is 0 Å². The van der Waals surface area contributed by atoms with Gasteiger partial charge >= 0.3 is 0 Å². The Hall–Kier alpha value is -2.81. The zero-order valence-electron chi connectivity index (χ0n) is 13.2. The lowest BCUT2D eigenvalue weighted by molar-refractivity contribution is 0.0941. The Bertz CT molecular complexity index is 1040. The van der Waals surface area contributed by atoms with Gasteiger partial charge in [-0.1, -0.05) is 5.21 Å². The molecule has 1 N–H and O–H groups in total. The lowest BCUT2D eigenvalue weighted by atomic mass is 10.1. The molecule has 3 aromatic rings. The molecule has 25 heavy (non-hydrogen) atoms. The lowest BCUT2D eigenvalue weighted by Crippen LogP contribution is -2.35. The first kappa shape index (κ1) is 15.7. The second-order valence-corrected chi connectivity index (χ2v) is 8.20. The van der Waals surface area contributed by atoms with Crippen LogP contribution < -0.4 is 5.32 Å². The molecule has 1 saturated heterocycles. The SMILES string of the molecule is O=C(NC1CCS(=O)(=O)C1)c1ccc(-n2nnc3cccnc32)cc1. The Labute approximate surface area is 143 Å². The van der Waals surface area contributed by atoms with E-state index in [0.29, 0.717) is 23.1 Å². The number of amides is 1. The molecule has 1 atom stereocenters. The number of nitrogens with one attached hydrogen (secondary N) is 1. The minimum atomic E-state index is -3.02. The summed E-state index contributed by atoms with van der Waals surface area (Å²) in [6, 6.07) is 10.1. The molecule has 1 aliphatic heterocycles. The minimum absolute atomic E-state index is 0.00738. The fourth-order valence-electron chi connectivity index (χ4n) is 2.87. The number of carbonyl (C=O) groups is 1. The van der Waals surface area contributed by atoms with Gasteiger partial charge < -0.3 is 5.32 Å². The molecule has 1 fully saturated rings. The largest absolute Gasteiger partial charge is 0.348 e. The predicted octanol–water partition coefficient (Wildman–Crippen LogP) is 0.732.